The van der Waals surface area contributed by atoms with Gasteiger partial charge in [-0.3, -0.25) is 4.79 Å². The van der Waals surface area contributed by atoms with Crippen LogP contribution in [0, 0.1) is 11.8 Å². The monoisotopic (exact) mass is 236 g/mol. The van der Waals surface area contributed by atoms with Crippen LogP contribution in [0.2, 0.25) is 0 Å². The van der Waals surface area contributed by atoms with E-state index >= 15 is 0 Å². The highest BCUT2D eigenvalue weighted by Crippen LogP contribution is 2.32. The minimum atomic E-state index is -0.0582. The van der Waals surface area contributed by atoms with Gasteiger partial charge < -0.3 is 4.74 Å². The van der Waals surface area contributed by atoms with E-state index in [1.54, 1.807) is 0 Å². The molecule has 0 amide bonds. The van der Waals surface area contributed by atoms with Gasteiger partial charge in [0, 0.05) is 0 Å². The maximum atomic E-state index is 11.5. The first-order chi connectivity index (χ1) is 8.04. The Balaban J connectivity index is 2.49. The van der Waals surface area contributed by atoms with Gasteiger partial charge in [-0.25, -0.2) is 0 Å². The zero-order chi connectivity index (χ0) is 12.8. The van der Waals surface area contributed by atoms with E-state index in [2.05, 4.69) is 32.9 Å². The predicted molar refractivity (Wildman–Crippen MR) is 70.7 cm³/mol. The molecule has 1 aliphatic rings. The van der Waals surface area contributed by atoms with Gasteiger partial charge in [-0.1, -0.05) is 30.2 Å². The third-order valence-electron chi connectivity index (χ3n) is 3.45. The van der Waals surface area contributed by atoms with Gasteiger partial charge >= 0.3 is 5.97 Å². The number of hydrogen-bond acceptors (Lipinski definition) is 2. The molecule has 0 N–H and O–H groups in total. The normalized spacial score (nSPS) is 23.9. The predicted octanol–water partition coefficient (Wildman–Crippen LogP) is 3.88. The molecular formula is C15H24O2. The fourth-order valence-corrected chi connectivity index (χ4v) is 2.40. The fraction of sp³-hybridized carbons (Fsp3) is 0.667. The van der Waals surface area contributed by atoms with Crippen molar-refractivity contribution in [3.05, 3.63) is 23.3 Å². The topological polar surface area (TPSA) is 26.3 Å². The molecule has 0 aromatic heterocycles. The lowest BCUT2D eigenvalue weighted by molar-refractivity contribution is -0.147. The molecule has 0 fully saturated rings. The van der Waals surface area contributed by atoms with Crippen molar-refractivity contribution in [2.75, 3.05) is 7.11 Å². The molecule has 0 radical (unpaired) electrons. The summed E-state index contributed by atoms with van der Waals surface area (Å²) in [6.45, 7) is 6.41. The number of carbonyl (C=O) groups excluding carboxylic acids is 1. The van der Waals surface area contributed by atoms with Crippen LogP contribution in [0.3, 0.4) is 0 Å². The first kappa shape index (κ1) is 14.0. The van der Waals surface area contributed by atoms with Crippen molar-refractivity contribution in [2.24, 2.45) is 11.8 Å². The van der Waals surface area contributed by atoms with Crippen molar-refractivity contribution in [2.45, 2.75) is 46.5 Å². The van der Waals surface area contributed by atoms with Gasteiger partial charge in [-0.05, 0) is 45.4 Å². The molecule has 1 aliphatic carbocycles. The average Bonchev–Trinajstić information content (AvgIpc) is 2.28. The SMILES string of the molecule is COC(=O)C1CC=C(CCC=C(C)C)CC1C. The second-order valence-electron chi connectivity index (χ2n) is 5.23. The fourth-order valence-electron chi connectivity index (χ4n) is 2.40. The summed E-state index contributed by atoms with van der Waals surface area (Å²) in [6.07, 6.45) is 8.64. The molecule has 2 nitrogen and oxygen atoms in total. The summed E-state index contributed by atoms with van der Waals surface area (Å²) in [5, 5.41) is 0. The van der Waals surface area contributed by atoms with Gasteiger partial charge in [0.05, 0.1) is 13.0 Å². The maximum Gasteiger partial charge on any atom is 0.309 e. The molecule has 0 heterocycles. The molecular weight excluding hydrogens is 212 g/mol. The lowest BCUT2D eigenvalue weighted by Gasteiger charge is -2.26. The van der Waals surface area contributed by atoms with Crippen molar-refractivity contribution in [1.82, 2.24) is 0 Å². The Morgan fingerprint density at radius 3 is 2.76 bits per heavy atom. The molecule has 0 bridgehead atoms. The molecule has 0 saturated carbocycles. The van der Waals surface area contributed by atoms with Gasteiger partial charge in [0.25, 0.3) is 0 Å². The van der Waals surface area contributed by atoms with Crippen LogP contribution in [-0.2, 0) is 9.53 Å². The molecule has 1 rings (SSSR count). The third-order valence-corrected chi connectivity index (χ3v) is 3.45. The summed E-state index contributed by atoms with van der Waals surface area (Å²) < 4.78 is 4.83. The standard InChI is InChI=1S/C15H24O2/c1-11(2)6-5-7-13-8-9-14(12(3)10-13)15(16)17-4/h6,8,12,14H,5,7,9-10H2,1-4H3. The van der Waals surface area contributed by atoms with Crippen LogP contribution in [0.5, 0.6) is 0 Å². The molecule has 0 spiro atoms. The zero-order valence-electron chi connectivity index (χ0n) is 11.5. The number of hydrogen-bond donors (Lipinski definition) is 0. The molecule has 2 atom stereocenters. The Labute approximate surface area is 105 Å². The Kier molecular flexibility index (Phi) is 5.46. The van der Waals surface area contributed by atoms with Crippen LogP contribution in [0.25, 0.3) is 0 Å². The van der Waals surface area contributed by atoms with E-state index in [0.717, 1.165) is 25.7 Å². The molecule has 17 heavy (non-hydrogen) atoms. The third kappa shape index (κ3) is 4.37. The van der Waals surface area contributed by atoms with Crippen LogP contribution in [0.15, 0.2) is 23.3 Å². The van der Waals surface area contributed by atoms with Crippen molar-refractivity contribution in [1.29, 1.82) is 0 Å². The van der Waals surface area contributed by atoms with Gasteiger partial charge in [0.2, 0.25) is 0 Å². The van der Waals surface area contributed by atoms with Crippen molar-refractivity contribution >= 4 is 5.97 Å². The Morgan fingerprint density at radius 2 is 2.24 bits per heavy atom. The number of esters is 1. The molecule has 96 valence electrons. The Hall–Kier alpha value is -1.05. The minimum Gasteiger partial charge on any atom is -0.469 e. The smallest absolute Gasteiger partial charge is 0.309 e. The highest BCUT2D eigenvalue weighted by atomic mass is 16.5. The van der Waals surface area contributed by atoms with Crippen molar-refractivity contribution in [3.8, 4) is 0 Å². The number of ether oxygens (including phenoxy) is 1. The van der Waals surface area contributed by atoms with Gasteiger partial charge in [0.15, 0.2) is 0 Å². The van der Waals surface area contributed by atoms with E-state index in [1.807, 2.05) is 0 Å². The highest BCUT2D eigenvalue weighted by Gasteiger charge is 2.28. The van der Waals surface area contributed by atoms with Gasteiger partial charge in [0.1, 0.15) is 0 Å². The second kappa shape index (κ2) is 6.63. The number of carbonyl (C=O) groups is 1. The van der Waals surface area contributed by atoms with E-state index in [1.165, 1.54) is 18.3 Å². The molecule has 2 heteroatoms. The number of methoxy groups -OCH3 is 1. The summed E-state index contributed by atoms with van der Waals surface area (Å²) in [7, 11) is 1.48. The van der Waals surface area contributed by atoms with Crippen LogP contribution in [0.1, 0.15) is 46.5 Å². The maximum absolute atomic E-state index is 11.5. The molecule has 0 aliphatic heterocycles. The quantitative estimate of drug-likeness (QED) is 0.547. The first-order valence-electron chi connectivity index (χ1n) is 6.43. The minimum absolute atomic E-state index is 0.0582. The van der Waals surface area contributed by atoms with Crippen LogP contribution in [-0.4, -0.2) is 13.1 Å². The summed E-state index contributed by atoms with van der Waals surface area (Å²) >= 11 is 0. The highest BCUT2D eigenvalue weighted by molar-refractivity contribution is 5.73. The summed E-state index contributed by atoms with van der Waals surface area (Å²) in [6, 6.07) is 0. The van der Waals surface area contributed by atoms with E-state index in [-0.39, 0.29) is 11.9 Å². The Morgan fingerprint density at radius 1 is 1.53 bits per heavy atom. The van der Waals surface area contributed by atoms with E-state index in [9.17, 15) is 4.79 Å². The largest absolute Gasteiger partial charge is 0.469 e. The lowest BCUT2D eigenvalue weighted by atomic mass is 9.79. The summed E-state index contributed by atoms with van der Waals surface area (Å²) in [4.78, 5) is 11.5. The summed E-state index contributed by atoms with van der Waals surface area (Å²) in [5.74, 6) is 0.415. The van der Waals surface area contributed by atoms with Gasteiger partial charge in [-0.15, -0.1) is 0 Å². The molecule has 0 saturated heterocycles. The number of rotatable bonds is 4. The van der Waals surface area contributed by atoms with Gasteiger partial charge in [-0.2, -0.15) is 0 Å². The average molecular weight is 236 g/mol. The van der Waals surface area contributed by atoms with E-state index in [0.29, 0.717) is 5.92 Å². The summed E-state index contributed by atoms with van der Waals surface area (Å²) in [5.41, 5.74) is 2.87. The molecule has 2 unspecified atom stereocenters. The molecule has 0 aromatic carbocycles. The number of allylic oxidation sites excluding steroid dienone is 4. The Bertz CT molecular complexity index is 322. The van der Waals surface area contributed by atoms with Crippen molar-refractivity contribution < 1.29 is 9.53 Å². The van der Waals surface area contributed by atoms with Crippen LogP contribution in [0.4, 0.5) is 0 Å². The lowest BCUT2D eigenvalue weighted by Crippen LogP contribution is -2.25. The van der Waals surface area contributed by atoms with E-state index < -0.39 is 0 Å². The van der Waals surface area contributed by atoms with Crippen LogP contribution < -0.4 is 0 Å². The van der Waals surface area contributed by atoms with Crippen molar-refractivity contribution in [3.63, 3.8) is 0 Å². The first-order valence-corrected chi connectivity index (χ1v) is 6.43. The molecule has 0 aromatic rings. The van der Waals surface area contributed by atoms with Crippen LogP contribution >= 0.6 is 0 Å². The second-order valence-corrected chi connectivity index (χ2v) is 5.23. The van der Waals surface area contributed by atoms with E-state index in [4.69, 9.17) is 4.74 Å². The zero-order valence-corrected chi connectivity index (χ0v) is 11.5.